The highest BCUT2D eigenvalue weighted by Crippen LogP contribution is 2.31. The van der Waals surface area contributed by atoms with Crippen LogP contribution >= 0.6 is 11.6 Å². The molecule has 5 heteroatoms. The number of fused-ring (bicyclic) bond motifs is 1. The lowest BCUT2D eigenvalue weighted by atomic mass is 9.87. The quantitative estimate of drug-likeness (QED) is 0.492. The van der Waals surface area contributed by atoms with Crippen LogP contribution in [-0.2, 0) is 4.79 Å². The number of carbonyl (C=O) groups excluding carboxylic acids is 1. The minimum absolute atomic E-state index is 0.0686. The number of hydrogen-bond donors (Lipinski definition) is 0. The third kappa shape index (κ3) is 6.11. The van der Waals surface area contributed by atoms with E-state index in [2.05, 4.69) is 23.7 Å². The number of benzene rings is 1. The maximum atomic E-state index is 14.4. The highest BCUT2D eigenvalue weighted by molar-refractivity contribution is 6.31. The van der Waals surface area contributed by atoms with Crippen LogP contribution in [0.1, 0.15) is 57.1 Å². The van der Waals surface area contributed by atoms with E-state index in [-0.39, 0.29) is 30.5 Å². The summed E-state index contributed by atoms with van der Waals surface area (Å²) in [5, 5.41) is 0.558. The van der Waals surface area contributed by atoms with Crippen molar-refractivity contribution in [3.05, 3.63) is 58.4 Å². The second-order valence-corrected chi connectivity index (χ2v) is 7.38. The van der Waals surface area contributed by atoms with Crippen LogP contribution in [0, 0.1) is 0 Å². The second-order valence-electron chi connectivity index (χ2n) is 6.94. The standard InChI is InChI=1S/C23H30ClFN2O/c1-4-7-8-9-18(25)15-22-21-14-17(24)10-11-19(21)20(23(28)16-26-22)12-13-27(5-2)6-3/h7-8,10-11,14-15,20H,4-6,9,12-13,16H2,1-3H3/b8-7?,18-15-. The van der Waals surface area contributed by atoms with Crippen LogP contribution in [0.5, 0.6) is 0 Å². The molecule has 1 heterocycles. The molecule has 1 aromatic rings. The van der Waals surface area contributed by atoms with Crippen LogP contribution in [0.15, 0.2) is 47.2 Å². The second kappa shape index (κ2) is 11.3. The van der Waals surface area contributed by atoms with E-state index in [0.29, 0.717) is 10.7 Å². The average Bonchev–Trinajstić information content (AvgIpc) is 2.80. The minimum Gasteiger partial charge on any atom is -0.304 e. The molecule has 0 saturated heterocycles. The monoisotopic (exact) mass is 404 g/mol. The third-order valence-corrected chi connectivity index (χ3v) is 5.33. The fraction of sp³-hybridized carbons (Fsp3) is 0.478. The Labute approximate surface area is 173 Å². The molecule has 0 fully saturated rings. The summed E-state index contributed by atoms with van der Waals surface area (Å²) < 4.78 is 14.4. The average molecular weight is 405 g/mol. The molecule has 0 saturated carbocycles. The van der Waals surface area contributed by atoms with Gasteiger partial charge in [-0.05, 0) is 56.2 Å². The van der Waals surface area contributed by atoms with E-state index in [1.54, 1.807) is 18.2 Å². The maximum absolute atomic E-state index is 14.4. The summed E-state index contributed by atoms with van der Waals surface area (Å²) in [5.41, 5.74) is 2.15. The van der Waals surface area contributed by atoms with Gasteiger partial charge in [0, 0.05) is 22.9 Å². The number of aliphatic imine (C=N–C) groups is 1. The molecule has 2 rings (SSSR count). The van der Waals surface area contributed by atoms with Crippen molar-refractivity contribution in [2.75, 3.05) is 26.2 Å². The molecule has 1 aliphatic heterocycles. The van der Waals surface area contributed by atoms with Gasteiger partial charge in [-0.15, -0.1) is 0 Å². The fourth-order valence-corrected chi connectivity index (χ4v) is 3.62. The Balaban J connectivity index is 2.35. The van der Waals surface area contributed by atoms with Crippen LogP contribution < -0.4 is 0 Å². The summed E-state index contributed by atoms with van der Waals surface area (Å²) in [6.07, 6.45) is 7.00. The van der Waals surface area contributed by atoms with Gasteiger partial charge in [0.15, 0.2) is 5.78 Å². The van der Waals surface area contributed by atoms with Gasteiger partial charge in [0.25, 0.3) is 0 Å². The Hall–Kier alpha value is -1.78. The predicted octanol–water partition coefficient (Wildman–Crippen LogP) is 5.74. The molecule has 1 unspecified atom stereocenters. The topological polar surface area (TPSA) is 32.7 Å². The van der Waals surface area contributed by atoms with Gasteiger partial charge in [-0.3, -0.25) is 9.79 Å². The molecule has 0 radical (unpaired) electrons. The lowest BCUT2D eigenvalue weighted by Crippen LogP contribution is -2.27. The molecule has 28 heavy (non-hydrogen) atoms. The van der Waals surface area contributed by atoms with Gasteiger partial charge in [0.2, 0.25) is 0 Å². The highest BCUT2D eigenvalue weighted by Gasteiger charge is 2.27. The van der Waals surface area contributed by atoms with E-state index in [4.69, 9.17) is 11.6 Å². The number of Topliss-reactive ketones (excluding diaryl/α,β-unsaturated/α-hetero) is 1. The number of allylic oxidation sites excluding steroid dienone is 4. The summed E-state index contributed by atoms with van der Waals surface area (Å²) in [4.78, 5) is 19.5. The van der Waals surface area contributed by atoms with E-state index >= 15 is 0 Å². The summed E-state index contributed by atoms with van der Waals surface area (Å²) in [5.74, 6) is -0.445. The van der Waals surface area contributed by atoms with Gasteiger partial charge < -0.3 is 4.90 Å². The first-order valence-corrected chi connectivity index (χ1v) is 10.5. The van der Waals surface area contributed by atoms with Crippen molar-refractivity contribution >= 4 is 23.1 Å². The van der Waals surface area contributed by atoms with Crippen LogP contribution in [0.4, 0.5) is 4.39 Å². The lowest BCUT2D eigenvalue weighted by Gasteiger charge is -2.22. The smallest absolute Gasteiger partial charge is 0.161 e. The molecular formula is C23H30ClFN2O. The Morgan fingerprint density at radius 3 is 2.71 bits per heavy atom. The van der Waals surface area contributed by atoms with Crippen LogP contribution in [0.3, 0.4) is 0 Å². The van der Waals surface area contributed by atoms with Crippen molar-refractivity contribution in [1.82, 2.24) is 4.90 Å². The Morgan fingerprint density at radius 1 is 1.29 bits per heavy atom. The molecule has 1 aliphatic rings. The Kier molecular flexibility index (Phi) is 9.07. The molecule has 0 bridgehead atoms. The van der Waals surface area contributed by atoms with E-state index in [9.17, 15) is 9.18 Å². The minimum atomic E-state index is -0.275. The molecule has 0 N–H and O–H groups in total. The zero-order valence-corrected chi connectivity index (χ0v) is 17.8. The van der Waals surface area contributed by atoms with Crippen molar-refractivity contribution in [2.24, 2.45) is 4.99 Å². The summed E-state index contributed by atoms with van der Waals surface area (Å²) in [6.45, 7) is 9.06. The molecule has 0 spiro atoms. The molecule has 152 valence electrons. The fourth-order valence-electron chi connectivity index (χ4n) is 3.45. The van der Waals surface area contributed by atoms with Gasteiger partial charge in [0.05, 0.1) is 12.3 Å². The lowest BCUT2D eigenvalue weighted by molar-refractivity contribution is -0.119. The van der Waals surface area contributed by atoms with E-state index < -0.39 is 0 Å². The molecule has 1 atom stereocenters. The Morgan fingerprint density at radius 2 is 2.04 bits per heavy atom. The van der Waals surface area contributed by atoms with Gasteiger partial charge in [0.1, 0.15) is 5.83 Å². The SMILES string of the molecule is CCC=CC/C(F)=C/C1=NCC(=O)C(CCN(CC)CC)c2ccc(Cl)cc21. The summed E-state index contributed by atoms with van der Waals surface area (Å²) >= 11 is 6.22. The summed E-state index contributed by atoms with van der Waals surface area (Å²) in [6, 6.07) is 5.49. The zero-order chi connectivity index (χ0) is 20.5. The van der Waals surface area contributed by atoms with Crippen molar-refractivity contribution < 1.29 is 9.18 Å². The highest BCUT2D eigenvalue weighted by atomic mass is 35.5. The molecule has 0 aromatic heterocycles. The Bertz CT molecular complexity index is 766. The van der Waals surface area contributed by atoms with Crippen LogP contribution in [0.25, 0.3) is 0 Å². The molecule has 3 nitrogen and oxygen atoms in total. The molecular weight excluding hydrogens is 375 g/mol. The van der Waals surface area contributed by atoms with Crippen molar-refractivity contribution in [3.63, 3.8) is 0 Å². The first-order valence-electron chi connectivity index (χ1n) is 10.1. The van der Waals surface area contributed by atoms with Gasteiger partial charge in [-0.25, -0.2) is 4.39 Å². The zero-order valence-electron chi connectivity index (χ0n) is 17.0. The number of rotatable bonds is 9. The van der Waals surface area contributed by atoms with Crippen molar-refractivity contribution in [1.29, 1.82) is 0 Å². The van der Waals surface area contributed by atoms with Crippen LogP contribution in [-0.4, -0.2) is 42.6 Å². The predicted molar refractivity (Wildman–Crippen MR) is 116 cm³/mol. The number of hydrogen-bond acceptors (Lipinski definition) is 3. The molecule has 0 aliphatic carbocycles. The number of nitrogens with zero attached hydrogens (tertiary/aromatic N) is 2. The molecule has 0 amide bonds. The number of ketones is 1. The normalized spacial score (nSPS) is 17.8. The van der Waals surface area contributed by atoms with E-state index in [0.717, 1.165) is 43.6 Å². The maximum Gasteiger partial charge on any atom is 0.161 e. The van der Waals surface area contributed by atoms with E-state index in [1.165, 1.54) is 6.08 Å². The van der Waals surface area contributed by atoms with Crippen molar-refractivity contribution in [2.45, 2.75) is 46.0 Å². The van der Waals surface area contributed by atoms with Crippen molar-refractivity contribution in [3.8, 4) is 0 Å². The first kappa shape index (κ1) is 22.5. The largest absolute Gasteiger partial charge is 0.304 e. The first-order chi connectivity index (χ1) is 13.5. The number of halogens is 2. The number of carbonyl (C=O) groups is 1. The van der Waals surface area contributed by atoms with Gasteiger partial charge in [-0.1, -0.05) is 50.6 Å². The van der Waals surface area contributed by atoms with Crippen LogP contribution in [0.2, 0.25) is 5.02 Å². The van der Waals surface area contributed by atoms with Gasteiger partial charge in [-0.2, -0.15) is 0 Å². The molecule has 1 aromatic carbocycles. The third-order valence-electron chi connectivity index (χ3n) is 5.10. The van der Waals surface area contributed by atoms with E-state index in [1.807, 2.05) is 19.1 Å². The summed E-state index contributed by atoms with van der Waals surface area (Å²) in [7, 11) is 0. The van der Waals surface area contributed by atoms with Gasteiger partial charge >= 0.3 is 0 Å².